The van der Waals surface area contributed by atoms with E-state index in [2.05, 4.69) is 5.32 Å². The van der Waals surface area contributed by atoms with E-state index in [0.29, 0.717) is 36.8 Å². The minimum absolute atomic E-state index is 0.183. The van der Waals surface area contributed by atoms with Crippen LogP contribution in [0.1, 0.15) is 18.9 Å². The fraction of sp³-hybridized carbons (Fsp3) is 0.316. The summed E-state index contributed by atoms with van der Waals surface area (Å²) in [6.45, 7) is 4.94. The molecule has 0 bridgehead atoms. The molecule has 0 radical (unpaired) electrons. The molecule has 1 aliphatic rings. The van der Waals surface area contributed by atoms with Gasteiger partial charge >= 0.3 is 0 Å². The third kappa shape index (κ3) is 3.62. The predicted octanol–water partition coefficient (Wildman–Crippen LogP) is 3.56. The topological polar surface area (TPSA) is 56.8 Å². The van der Waals surface area contributed by atoms with Crippen LogP contribution in [0.15, 0.2) is 42.5 Å². The van der Waals surface area contributed by atoms with Gasteiger partial charge in [0.05, 0.1) is 0 Å². The van der Waals surface area contributed by atoms with Crippen LogP contribution in [0, 0.1) is 6.92 Å². The number of nitrogens with one attached hydrogen (secondary N) is 1. The van der Waals surface area contributed by atoms with E-state index in [4.69, 9.17) is 14.2 Å². The Labute approximate surface area is 141 Å². The van der Waals surface area contributed by atoms with Crippen molar-refractivity contribution in [1.82, 2.24) is 0 Å². The van der Waals surface area contributed by atoms with E-state index in [-0.39, 0.29) is 5.91 Å². The van der Waals surface area contributed by atoms with Gasteiger partial charge in [0.2, 0.25) is 0 Å². The highest BCUT2D eigenvalue weighted by molar-refractivity contribution is 5.94. The summed E-state index contributed by atoms with van der Waals surface area (Å²) < 4.78 is 16.9. The van der Waals surface area contributed by atoms with Crippen molar-refractivity contribution in [2.45, 2.75) is 26.4 Å². The van der Waals surface area contributed by atoms with Gasteiger partial charge in [0.15, 0.2) is 17.6 Å². The first kappa shape index (κ1) is 16.2. The van der Waals surface area contributed by atoms with E-state index in [1.807, 2.05) is 38.1 Å². The molecule has 0 spiro atoms. The predicted molar refractivity (Wildman–Crippen MR) is 91.9 cm³/mol. The molecule has 1 aliphatic heterocycles. The van der Waals surface area contributed by atoms with Crippen LogP contribution in [0.25, 0.3) is 0 Å². The molecule has 1 heterocycles. The van der Waals surface area contributed by atoms with Crippen LogP contribution < -0.4 is 19.5 Å². The largest absolute Gasteiger partial charge is 0.486 e. The number of rotatable bonds is 5. The lowest BCUT2D eigenvalue weighted by molar-refractivity contribution is -0.122. The number of hydrogen-bond donors (Lipinski definition) is 1. The Balaban J connectivity index is 1.69. The van der Waals surface area contributed by atoms with Crippen molar-refractivity contribution in [3.05, 3.63) is 48.0 Å². The summed E-state index contributed by atoms with van der Waals surface area (Å²) in [5, 5.41) is 2.88. The lowest BCUT2D eigenvalue weighted by Crippen LogP contribution is -2.32. The SMILES string of the molecule is CC[C@H](Oc1ccccc1C)C(=O)Nc1ccc2c(c1)OCCO2. The Morgan fingerprint density at radius 3 is 2.67 bits per heavy atom. The number of amides is 1. The molecule has 126 valence electrons. The maximum absolute atomic E-state index is 12.5. The van der Waals surface area contributed by atoms with Gasteiger partial charge in [-0.05, 0) is 37.1 Å². The highest BCUT2D eigenvalue weighted by Crippen LogP contribution is 2.32. The molecular formula is C19H21NO4. The summed E-state index contributed by atoms with van der Waals surface area (Å²) in [7, 11) is 0. The zero-order valence-electron chi connectivity index (χ0n) is 13.9. The van der Waals surface area contributed by atoms with Gasteiger partial charge in [-0.1, -0.05) is 25.1 Å². The molecule has 3 rings (SSSR count). The molecule has 2 aromatic carbocycles. The Morgan fingerprint density at radius 2 is 1.92 bits per heavy atom. The summed E-state index contributed by atoms with van der Waals surface area (Å²) in [4.78, 5) is 12.5. The van der Waals surface area contributed by atoms with Gasteiger partial charge in [-0.25, -0.2) is 0 Å². The minimum atomic E-state index is -0.556. The number of fused-ring (bicyclic) bond motifs is 1. The maximum Gasteiger partial charge on any atom is 0.265 e. The fourth-order valence-electron chi connectivity index (χ4n) is 2.51. The number of para-hydroxylation sites is 1. The van der Waals surface area contributed by atoms with E-state index in [9.17, 15) is 4.79 Å². The second kappa shape index (κ2) is 7.25. The van der Waals surface area contributed by atoms with Crippen molar-refractivity contribution >= 4 is 11.6 Å². The smallest absolute Gasteiger partial charge is 0.265 e. The average molecular weight is 327 g/mol. The first-order valence-electron chi connectivity index (χ1n) is 8.10. The van der Waals surface area contributed by atoms with Crippen LogP contribution in [0.2, 0.25) is 0 Å². The standard InChI is InChI=1S/C19H21NO4/c1-3-15(24-16-7-5-4-6-13(16)2)19(21)20-14-8-9-17-18(12-14)23-11-10-22-17/h4-9,12,15H,3,10-11H2,1-2H3,(H,20,21)/t15-/m0/s1. The van der Waals surface area contributed by atoms with E-state index in [1.165, 1.54) is 0 Å². The zero-order chi connectivity index (χ0) is 16.9. The van der Waals surface area contributed by atoms with Crippen molar-refractivity contribution in [3.63, 3.8) is 0 Å². The molecule has 24 heavy (non-hydrogen) atoms. The van der Waals surface area contributed by atoms with Gasteiger partial charge in [0.25, 0.3) is 5.91 Å². The fourth-order valence-corrected chi connectivity index (χ4v) is 2.51. The minimum Gasteiger partial charge on any atom is -0.486 e. The van der Waals surface area contributed by atoms with Crippen molar-refractivity contribution in [1.29, 1.82) is 0 Å². The number of ether oxygens (including phenoxy) is 3. The molecule has 0 saturated heterocycles. The zero-order valence-corrected chi connectivity index (χ0v) is 13.9. The van der Waals surface area contributed by atoms with Crippen LogP contribution in [0.4, 0.5) is 5.69 Å². The summed E-state index contributed by atoms with van der Waals surface area (Å²) in [6.07, 6.45) is 0.0179. The Hall–Kier alpha value is -2.69. The molecule has 1 atom stereocenters. The van der Waals surface area contributed by atoms with E-state index < -0.39 is 6.10 Å². The summed E-state index contributed by atoms with van der Waals surface area (Å²) in [6, 6.07) is 13.0. The van der Waals surface area contributed by atoms with E-state index in [0.717, 1.165) is 11.3 Å². The second-order valence-corrected chi connectivity index (χ2v) is 5.63. The molecule has 5 heteroatoms. The van der Waals surface area contributed by atoms with Crippen LogP contribution in [-0.2, 0) is 4.79 Å². The molecule has 0 aromatic heterocycles. The van der Waals surface area contributed by atoms with Gasteiger partial charge in [0.1, 0.15) is 19.0 Å². The Morgan fingerprint density at radius 1 is 1.17 bits per heavy atom. The highest BCUT2D eigenvalue weighted by atomic mass is 16.6. The lowest BCUT2D eigenvalue weighted by Gasteiger charge is -2.21. The van der Waals surface area contributed by atoms with Crippen molar-refractivity contribution in [2.75, 3.05) is 18.5 Å². The highest BCUT2D eigenvalue weighted by Gasteiger charge is 2.20. The first-order chi connectivity index (χ1) is 11.7. The van der Waals surface area contributed by atoms with Crippen molar-refractivity contribution in [3.8, 4) is 17.2 Å². The second-order valence-electron chi connectivity index (χ2n) is 5.63. The van der Waals surface area contributed by atoms with E-state index >= 15 is 0 Å². The molecule has 0 fully saturated rings. The summed E-state index contributed by atoms with van der Waals surface area (Å²) in [5.74, 6) is 1.88. The molecule has 1 amide bonds. The van der Waals surface area contributed by atoms with Gasteiger partial charge in [0, 0.05) is 11.8 Å². The third-order valence-electron chi connectivity index (χ3n) is 3.84. The number of benzene rings is 2. The van der Waals surface area contributed by atoms with Crippen molar-refractivity contribution in [2.24, 2.45) is 0 Å². The van der Waals surface area contributed by atoms with Gasteiger partial charge in [-0.3, -0.25) is 4.79 Å². The van der Waals surface area contributed by atoms with Crippen molar-refractivity contribution < 1.29 is 19.0 Å². The van der Waals surface area contributed by atoms with Gasteiger partial charge in [-0.15, -0.1) is 0 Å². The molecule has 0 saturated carbocycles. The van der Waals surface area contributed by atoms with Gasteiger partial charge < -0.3 is 19.5 Å². The third-order valence-corrected chi connectivity index (χ3v) is 3.84. The van der Waals surface area contributed by atoms with Crippen LogP contribution >= 0.6 is 0 Å². The number of hydrogen-bond acceptors (Lipinski definition) is 4. The molecule has 0 unspecified atom stereocenters. The molecular weight excluding hydrogens is 306 g/mol. The van der Waals surface area contributed by atoms with Crippen LogP contribution in [0.3, 0.4) is 0 Å². The van der Waals surface area contributed by atoms with Crippen LogP contribution in [-0.4, -0.2) is 25.2 Å². The summed E-state index contributed by atoms with van der Waals surface area (Å²) >= 11 is 0. The number of aryl methyl sites for hydroxylation is 1. The van der Waals surface area contributed by atoms with Gasteiger partial charge in [-0.2, -0.15) is 0 Å². The average Bonchev–Trinajstić information content (AvgIpc) is 2.61. The monoisotopic (exact) mass is 327 g/mol. The molecule has 1 N–H and O–H groups in total. The number of anilines is 1. The molecule has 0 aliphatic carbocycles. The normalized spacial score (nSPS) is 13.9. The quantitative estimate of drug-likeness (QED) is 0.912. The first-order valence-corrected chi connectivity index (χ1v) is 8.10. The summed E-state index contributed by atoms with van der Waals surface area (Å²) in [5.41, 5.74) is 1.67. The molecule has 2 aromatic rings. The number of carbonyl (C=O) groups excluding carboxylic acids is 1. The molecule has 5 nitrogen and oxygen atoms in total. The van der Waals surface area contributed by atoms with E-state index in [1.54, 1.807) is 18.2 Å². The Bertz CT molecular complexity index is 729. The Kier molecular flexibility index (Phi) is 4.89. The number of carbonyl (C=O) groups is 1. The van der Waals surface area contributed by atoms with Crippen LogP contribution in [0.5, 0.6) is 17.2 Å². The maximum atomic E-state index is 12.5. The lowest BCUT2D eigenvalue weighted by atomic mass is 10.2.